The summed E-state index contributed by atoms with van der Waals surface area (Å²) in [6, 6.07) is 9.54. The van der Waals surface area contributed by atoms with Gasteiger partial charge in [-0.05, 0) is 13.0 Å². The van der Waals surface area contributed by atoms with Crippen LogP contribution in [0.15, 0.2) is 56.7 Å². The summed E-state index contributed by atoms with van der Waals surface area (Å²) in [5.74, 6) is 1.08. The van der Waals surface area contributed by atoms with Gasteiger partial charge in [0.05, 0.1) is 5.56 Å². The van der Waals surface area contributed by atoms with Crippen LogP contribution in [0.5, 0.6) is 5.75 Å². The van der Waals surface area contributed by atoms with Crippen molar-refractivity contribution < 1.29 is 9.15 Å². The minimum Gasteiger partial charge on any atom is -0.488 e. The number of rotatable bonds is 5. The average Bonchev–Trinajstić information content (AvgIpc) is 2.41. The number of hydrogen-bond acceptors (Lipinski definition) is 3. The molecule has 20 heavy (non-hydrogen) atoms. The number of ether oxygens (including phenoxy) is 1. The van der Waals surface area contributed by atoms with Gasteiger partial charge in [-0.3, -0.25) is 0 Å². The maximum Gasteiger partial charge on any atom is 0.343 e. The van der Waals surface area contributed by atoms with E-state index in [0.717, 1.165) is 10.0 Å². The summed E-state index contributed by atoms with van der Waals surface area (Å²) in [5, 5.41) is 0. The molecule has 0 N–H and O–H groups in total. The van der Waals surface area contributed by atoms with Crippen molar-refractivity contribution in [3.05, 3.63) is 74.8 Å². The monoisotopic (exact) mass is 334 g/mol. The van der Waals surface area contributed by atoms with Crippen LogP contribution < -0.4 is 10.4 Å². The van der Waals surface area contributed by atoms with Crippen LogP contribution in [0.4, 0.5) is 0 Å². The normalized spacial score (nSPS) is 10.3. The topological polar surface area (TPSA) is 39.4 Å². The minimum absolute atomic E-state index is 0.368. The molecule has 1 aromatic heterocycles. The zero-order valence-electron chi connectivity index (χ0n) is 11.2. The van der Waals surface area contributed by atoms with Gasteiger partial charge in [0, 0.05) is 22.5 Å². The molecule has 1 aromatic carbocycles. The average molecular weight is 335 g/mol. The second kappa shape index (κ2) is 6.57. The molecule has 0 saturated heterocycles. The second-order valence-electron chi connectivity index (χ2n) is 4.36. The molecule has 0 saturated carbocycles. The van der Waals surface area contributed by atoms with Gasteiger partial charge in [0.1, 0.15) is 18.1 Å². The largest absolute Gasteiger partial charge is 0.488 e. The predicted molar refractivity (Wildman–Crippen MR) is 82.1 cm³/mol. The van der Waals surface area contributed by atoms with E-state index in [-0.39, 0.29) is 5.63 Å². The van der Waals surface area contributed by atoms with Crippen LogP contribution in [0, 0.1) is 6.92 Å². The molecule has 0 aliphatic carbocycles. The molecule has 0 atom stereocenters. The van der Waals surface area contributed by atoms with Crippen molar-refractivity contribution in [3.63, 3.8) is 0 Å². The van der Waals surface area contributed by atoms with Gasteiger partial charge in [-0.25, -0.2) is 4.79 Å². The molecule has 2 aromatic rings. The van der Waals surface area contributed by atoms with Crippen molar-refractivity contribution in [2.75, 3.05) is 0 Å². The number of aryl methyl sites for hydroxylation is 1. The van der Waals surface area contributed by atoms with E-state index in [2.05, 4.69) is 22.5 Å². The summed E-state index contributed by atoms with van der Waals surface area (Å²) in [4.78, 5) is 11.8. The lowest BCUT2D eigenvalue weighted by Crippen LogP contribution is -2.11. The lowest BCUT2D eigenvalue weighted by Gasteiger charge is -2.11. The molecular weight excluding hydrogens is 320 g/mol. The van der Waals surface area contributed by atoms with Crippen LogP contribution in [0.3, 0.4) is 0 Å². The standard InChI is InChI=1S/C16H15BrO3/c1-3-6-13-15(9-11(2)20-16(13)18)19-10-12-7-4-5-8-14(12)17/h3-5,7-9H,1,6,10H2,2H3. The lowest BCUT2D eigenvalue weighted by molar-refractivity contribution is 0.296. The van der Waals surface area contributed by atoms with Crippen molar-refractivity contribution >= 4 is 15.9 Å². The first-order valence-corrected chi connectivity index (χ1v) is 7.02. The summed E-state index contributed by atoms with van der Waals surface area (Å²) < 4.78 is 11.8. The summed E-state index contributed by atoms with van der Waals surface area (Å²) in [6.07, 6.45) is 2.08. The Labute approximate surface area is 126 Å². The maximum absolute atomic E-state index is 11.8. The van der Waals surface area contributed by atoms with E-state index in [9.17, 15) is 4.79 Å². The molecule has 2 rings (SSSR count). The summed E-state index contributed by atoms with van der Waals surface area (Å²) >= 11 is 3.47. The third-order valence-electron chi connectivity index (χ3n) is 2.82. The maximum atomic E-state index is 11.8. The SMILES string of the molecule is C=CCc1c(OCc2ccccc2Br)cc(C)oc1=O. The molecule has 0 amide bonds. The summed E-state index contributed by atoms with van der Waals surface area (Å²) in [6.45, 7) is 5.76. The van der Waals surface area contributed by atoms with E-state index in [0.29, 0.717) is 30.1 Å². The molecular formula is C16H15BrO3. The number of allylic oxidation sites excluding steroid dienone is 1. The fourth-order valence-corrected chi connectivity index (χ4v) is 2.24. The molecule has 0 unspecified atom stereocenters. The van der Waals surface area contributed by atoms with E-state index in [1.165, 1.54) is 0 Å². The first-order valence-electron chi connectivity index (χ1n) is 6.22. The zero-order valence-corrected chi connectivity index (χ0v) is 12.8. The smallest absolute Gasteiger partial charge is 0.343 e. The molecule has 0 bridgehead atoms. The Morgan fingerprint density at radius 2 is 2.15 bits per heavy atom. The van der Waals surface area contributed by atoms with Crippen LogP contribution in [-0.4, -0.2) is 0 Å². The van der Waals surface area contributed by atoms with Crippen molar-refractivity contribution in [1.29, 1.82) is 0 Å². The first kappa shape index (κ1) is 14.6. The summed E-state index contributed by atoms with van der Waals surface area (Å²) in [7, 11) is 0. The van der Waals surface area contributed by atoms with Gasteiger partial charge in [-0.1, -0.05) is 40.2 Å². The van der Waals surface area contributed by atoms with E-state index in [1.54, 1.807) is 19.1 Å². The fraction of sp³-hybridized carbons (Fsp3) is 0.188. The van der Waals surface area contributed by atoms with Gasteiger partial charge < -0.3 is 9.15 Å². The molecule has 104 valence electrons. The zero-order chi connectivity index (χ0) is 14.5. The van der Waals surface area contributed by atoms with Crippen LogP contribution in [-0.2, 0) is 13.0 Å². The van der Waals surface area contributed by atoms with E-state index in [4.69, 9.17) is 9.15 Å². The fourth-order valence-electron chi connectivity index (χ4n) is 1.84. The third kappa shape index (κ3) is 3.39. The Morgan fingerprint density at radius 1 is 1.40 bits per heavy atom. The third-order valence-corrected chi connectivity index (χ3v) is 3.59. The molecule has 4 heteroatoms. The molecule has 1 heterocycles. The Balaban J connectivity index is 2.27. The van der Waals surface area contributed by atoms with Crippen LogP contribution in [0.25, 0.3) is 0 Å². The first-order chi connectivity index (χ1) is 9.61. The molecule has 0 fully saturated rings. The minimum atomic E-state index is -0.368. The van der Waals surface area contributed by atoms with Gasteiger partial charge >= 0.3 is 5.63 Å². The number of benzene rings is 1. The van der Waals surface area contributed by atoms with Crippen LogP contribution >= 0.6 is 15.9 Å². The van der Waals surface area contributed by atoms with E-state index >= 15 is 0 Å². The van der Waals surface area contributed by atoms with Gasteiger partial charge in [0.15, 0.2) is 0 Å². The Kier molecular flexibility index (Phi) is 4.79. The molecule has 3 nitrogen and oxygen atoms in total. The number of hydrogen-bond donors (Lipinski definition) is 0. The number of halogens is 1. The highest BCUT2D eigenvalue weighted by Crippen LogP contribution is 2.22. The van der Waals surface area contributed by atoms with E-state index in [1.807, 2.05) is 24.3 Å². The summed E-state index contributed by atoms with van der Waals surface area (Å²) in [5.41, 5.74) is 1.15. The van der Waals surface area contributed by atoms with Crippen molar-refractivity contribution in [1.82, 2.24) is 0 Å². The quantitative estimate of drug-likeness (QED) is 0.775. The molecule has 0 aliphatic rings. The predicted octanol–water partition coefficient (Wildman–Crippen LogP) is 4.02. The Bertz CT molecular complexity index is 674. The van der Waals surface area contributed by atoms with Gasteiger partial charge in [0.2, 0.25) is 0 Å². The van der Waals surface area contributed by atoms with Gasteiger partial charge in [0.25, 0.3) is 0 Å². The van der Waals surface area contributed by atoms with Gasteiger partial charge in [-0.15, -0.1) is 6.58 Å². The molecule has 0 spiro atoms. The second-order valence-corrected chi connectivity index (χ2v) is 5.21. The Morgan fingerprint density at radius 3 is 2.85 bits per heavy atom. The van der Waals surface area contributed by atoms with Gasteiger partial charge in [-0.2, -0.15) is 0 Å². The van der Waals surface area contributed by atoms with Crippen LogP contribution in [0.1, 0.15) is 16.9 Å². The van der Waals surface area contributed by atoms with Crippen molar-refractivity contribution in [2.24, 2.45) is 0 Å². The van der Waals surface area contributed by atoms with Crippen molar-refractivity contribution in [3.8, 4) is 5.75 Å². The highest BCUT2D eigenvalue weighted by Gasteiger charge is 2.11. The van der Waals surface area contributed by atoms with Crippen LogP contribution in [0.2, 0.25) is 0 Å². The molecule has 0 radical (unpaired) electrons. The Hall–Kier alpha value is -1.81. The highest BCUT2D eigenvalue weighted by atomic mass is 79.9. The lowest BCUT2D eigenvalue weighted by atomic mass is 10.2. The van der Waals surface area contributed by atoms with Crippen molar-refractivity contribution in [2.45, 2.75) is 20.0 Å². The highest BCUT2D eigenvalue weighted by molar-refractivity contribution is 9.10. The van der Waals surface area contributed by atoms with E-state index < -0.39 is 0 Å². The molecule has 0 aliphatic heterocycles.